The predicted octanol–water partition coefficient (Wildman–Crippen LogP) is 3.40. The maximum absolute atomic E-state index is 12.0. The molecule has 160 valence electrons. The van der Waals surface area contributed by atoms with Gasteiger partial charge in [-0.3, -0.25) is 14.5 Å². The Morgan fingerprint density at radius 3 is 2.69 bits per heavy atom. The van der Waals surface area contributed by atoms with Gasteiger partial charge in [-0.15, -0.1) is 0 Å². The predicted molar refractivity (Wildman–Crippen MR) is 112 cm³/mol. The number of halogens is 1. The van der Waals surface area contributed by atoms with Crippen molar-refractivity contribution < 1.29 is 19.4 Å². The van der Waals surface area contributed by atoms with Crippen LogP contribution in [-0.4, -0.2) is 60.6 Å². The van der Waals surface area contributed by atoms with E-state index in [1.54, 1.807) is 0 Å². The SMILES string of the molecule is CN1C[C@H]2C[C@@H](N(C)Cc3cc(Cl)cc4c3OCC4(C)C)C[C@H]2CC1=O.O=CO. The first-order chi connectivity index (χ1) is 13.7. The summed E-state index contributed by atoms with van der Waals surface area (Å²) in [5, 5.41) is 7.68. The number of carbonyl (C=O) groups excluding carboxylic acids is 1. The summed E-state index contributed by atoms with van der Waals surface area (Å²) in [6.45, 7) is 6.63. The molecule has 2 heterocycles. The van der Waals surface area contributed by atoms with Gasteiger partial charge in [0.15, 0.2) is 0 Å². The van der Waals surface area contributed by atoms with Gasteiger partial charge in [0.25, 0.3) is 6.47 Å². The van der Waals surface area contributed by atoms with Gasteiger partial charge in [-0.2, -0.15) is 0 Å². The third kappa shape index (κ3) is 4.53. The zero-order valence-corrected chi connectivity index (χ0v) is 18.4. The van der Waals surface area contributed by atoms with E-state index in [1.165, 1.54) is 17.5 Å². The van der Waals surface area contributed by atoms with Crippen LogP contribution in [0.1, 0.15) is 44.2 Å². The molecule has 1 aliphatic carbocycles. The van der Waals surface area contributed by atoms with Gasteiger partial charge in [0.05, 0.1) is 6.61 Å². The van der Waals surface area contributed by atoms with E-state index in [0.717, 1.165) is 36.7 Å². The molecule has 6 nitrogen and oxygen atoms in total. The first kappa shape index (κ1) is 21.9. The lowest BCUT2D eigenvalue weighted by molar-refractivity contribution is -0.135. The number of carboxylic acid groups (broad SMARTS) is 1. The number of ether oxygens (including phenoxy) is 1. The van der Waals surface area contributed by atoms with Crippen molar-refractivity contribution in [3.63, 3.8) is 0 Å². The molecule has 2 aliphatic heterocycles. The molecule has 0 aromatic heterocycles. The number of nitrogens with zero attached hydrogens (tertiary/aromatic N) is 2. The second-order valence-electron chi connectivity index (χ2n) is 9.26. The molecule has 1 saturated carbocycles. The van der Waals surface area contributed by atoms with Gasteiger partial charge in [-0.05, 0) is 43.9 Å². The summed E-state index contributed by atoms with van der Waals surface area (Å²) in [7, 11) is 4.13. The fraction of sp³-hybridized carbons (Fsp3) is 0.636. The van der Waals surface area contributed by atoms with Gasteiger partial charge in [-0.1, -0.05) is 25.4 Å². The Bertz CT molecular complexity index is 782. The van der Waals surface area contributed by atoms with Crippen molar-refractivity contribution in [1.29, 1.82) is 0 Å². The zero-order valence-electron chi connectivity index (χ0n) is 17.7. The minimum atomic E-state index is -0.250. The fourth-order valence-corrected chi connectivity index (χ4v) is 5.26. The molecular formula is C22H31ClN2O4. The maximum atomic E-state index is 12.0. The molecule has 4 rings (SSSR count). The topological polar surface area (TPSA) is 70.1 Å². The van der Waals surface area contributed by atoms with Gasteiger partial charge in [0.2, 0.25) is 5.91 Å². The number of likely N-dealkylation sites (tertiary alicyclic amines) is 1. The molecule has 3 aliphatic rings. The highest BCUT2D eigenvalue weighted by Gasteiger charge is 2.42. The summed E-state index contributed by atoms with van der Waals surface area (Å²) in [4.78, 5) is 24.7. The number of fused-ring (bicyclic) bond motifs is 2. The largest absolute Gasteiger partial charge is 0.492 e. The van der Waals surface area contributed by atoms with E-state index in [9.17, 15) is 4.79 Å². The van der Waals surface area contributed by atoms with Crippen LogP contribution in [0.5, 0.6) is 5.75 Å². The molecule has 7 heteroatoms. The number of benzene rings is 1. The highest BCUT2D eigenvalue weighted by Crippen LogP contribution is 2.44. The Kier molecular flexibility index (Phi) is 6.44. The summed E-state index contributed by atoms with van der Waals surface area (Å²) >= 11 is 6.41. The molecule has 2 fully saturated rings. The van der Waals surface area contributed by atoms with Crippen molar-refractivity contribution in [1.82, 2.24) is 9.80 Å². The van der Waals surface area contributed by atoms with Gasteiger partial charge in [0.1, 0.15) is 5.75 Å². The van der Waals surface area contributed by atoms with Crippen LogP contribution < -0.4 is 4.74 Å². The fourth-order valence-electron chi connectivity index (χ4n) is 5.02. The standard InChI is InChI=1S/C21H29ClN2O2.CH2O2/c1-21(2)12-26-20-15(5-16(22)9-18(20)21)11-23(3)17-6-13-8-19(25)24(4)10-14(13)7-17;2-1-3/h5,9,13-14,17H,6-8,10-12H2,1-4H3;1H,(H,2,3)/t13-,14+,17-;/m0./s1. The maximum Gasteiger partial charge on any atom is 0.290 e. The molecule has 0 unspecified atom stereocenters. The third-order valence-electron chi connectivity index (χ3n) is 6.67. The number of rotatable bonds is 3. The Hall–Kier alpha value is -1.79. The lowest BCUT2D eigenvalue weighted by atomic mass is 9.86. The summed E-state index contributed by atoms with van der Waals surface area (Å²) < 4.78 is 6.05. The zero-order chi connectivity index (χ0) is 21.3. The Balaban J connectivity index is 0.000000755. The third-order valence-corrected chi connectivity index (χ3v) is 6.89. The van der Waals surface area contributed by atoms with E-state index in [-0.39, 0.29) is 11.9 Å². The number of piperidine rings is 1. The number of hydrogen-bond donors (Lipinski definition) is 1. The number of hydrogen-bond acceptors (Lipinski definition) is 4. The lowest BCUT2D eigenvalue weighted by Gasteiger charge is -2.31. The molecule has 29 heavy (non-hydrogen) atoms. The van der Waals surface area contributed by atoms with Crippen molar-refractivity contribution >= 4 is 24.0 Å². The van der Waals surface area contributed by atoms with Gasteiger partial charge in [0, 0.05) is 54.2 Å². The van der Waals surface area contributed by atoms with E-state index >= 15 is 0 Å². The minimum Gasteiger partial charge on any atom is -0.492 e. The summed E-state index contributed by atoms with van der Waals surface area (Å²) in [5.74, 6) is 2.52. The van der Waals surface area contributed by atoms with Crippen molar-refractivity contribution in [3.05, 3.63) is 28.3 Å². The molecule has 1 aromatic carbocycles. The second kappa shape index (κ2) is 8.52. The molecule has 3 atom stereocenters. The lowest BCUT2D eigenvalue weighted by Crippen LogP contribution is -2.39. The van der Waals surface area contributed by atoms with E-state index in [2.05, 4.69) is 37.9 Å². The first-order valence-corrected chi connectivity index (χ1v) is 10.5. The van der Waals surface area contributed by atoms with Crippen molar-refractivity contribution in [2.75, 3.05) is 27.2 Å². The Morgan fingerprint density at radius 1 is 1.34 bits per heavy atom. The van der Waals surface area contributed by atoms with E-state index in [4.69, 9.17) is 26.2 Å². The molecule has 1 amide bonds. The smallest absolute Gasteiger partial charge is 0.290 e. The van der Waals surface area contributed by atoms with E-state index in [0.29, 0.717) is 30.4 Å². The summed E-state index contributed by atoms with van der Waals surface area (Å²) in [6, 6.07) is 4.63. The molecule has 1 aromatic rings. The van der Waals surface area contributed by atoms with Crippen LogP contribution in [0.4, 0.5) is 0 Å². The quantitative estimate of drug-likeness (QED) is 0.756. The van der Waals surface area contributed by atoms with Gasteiger partial charge >= 0.3 is 0 Å². The van der Waals surface area contributed by atoms with E-state index < -0.39 is 0 Å². The number of carbonyl (C=O) groups is 2. The van der Waals surface area contributed by atoms with Crippen LogP contribution in [-0.2, 0) is 21.5 Å². The monoisotopic (exact) mass is 422 g/mol. The second-order valence-corrected chi connectivity index (χ2v) is 9.69. The van der Waals surface area contributed by atoms with Crippen molar-refractivity contribution in [3.8, 4) is 5.75 Å². The molecule has 1 saturated heterocycles. The molecule has 0 radical (unpaired) electrons. The van der Waals surface area contributed by atoms with Crippen LogP contribution in [0, 0.1) is 11.8 Å². The molecule has 0 bridgehead atoms. The minimum absolute atomic E-state index is 0.0147. The normalized spacial score (nSPS) is 27.0. The molecule has 0 spiro atoms. The van der Waals surface area contributed by atoms with Crippen LogP contribution in [0.2, 0.25) is 5.02 Å². The highest BCUT2D eigenvalue weighted by molar-refractivity contribution is 6.30. The van der Waals surface area contributed by atoms with Crippen molar-refractivity contribution in [2.24, 2.45) is 11.8 Å². The molecule has 1 N–H and O–H groups in total. The van der Waals surface area contributed by atoms with Crippen LogP contribution in [0.25, 0.3) is 0 Å². The summed E-state index contributed by atoms with van der Waals surface area (Å²) in [6.07, 6.45) is 3.01. The van der Waals surface area contributed by atoms with Crippen LogP contribution >= 0.6 is 11.6 Å². The van der Waals surface area contributed by atoms with Crippen LogP contribution in [0.3, 0.4) is 0 Å². The first-order valence-electron chi connectivity index (χ1n) is 10.1. The van der Waals surface area contributed by atoms with Crippen LogP contribution in [0.15, 0.2) is 12.1 Å². The average molecular weight is 423 g/mol. The molecular weight excluding hydrogens is 392 g/mol. The number of amides is 1. The average Bonchev–Trinajstić information content (AvgIpc) is 3.17. The Labute approximate surface area is 177 Å². The van der Waals surface area contributed by atoms with Gasteiger partial charge in [-0.25, -0.2) is 0 Å². The highest BCUT2D eigenvalue weighted by atomic mass is 35.5. The van der Waals surface area contributed by atoms with Crippen molar-refractivity contribution in [2.45, 2.75) is 51.1 Å². The Morgan fingerprint density at radius 2 is 2.00 bits per heavy atom. The summed E-state index contributed by atoms with van der Waals surface area (Å²) in [5.41, 5.74) is 2.42. The van der Waals surface area contributed by atoms with E-state index in [1.807, 2.05) is 11.9 Å². The van der Waals surface area contributed by atoms with Gasteiger partial charge < -0.3 is 14.7 Å².